The van der Waals surface area contributed by atoms with Crippen LogP contribution in [-0.2, 0) is 27.3 Å². The van der Waals surface area contributed by atoms with Gasteiger partial charge in [0.1, 0.15) is 18.0 Å². The van der Waals surface area contributed by atoms with Crippen molar-refractivity contribution in [2.24, 2.45) is 56.7 Å². The second kappa shape index (κ2) is 11.6. The van der Waals surface area contributed by atoms with E-state index in [0.717, 1.165) is 76.1 Å². The normalized spacial score (nSPS) is 46.0. The maximum absolute atomic E-state index is 13.6. The van der Waals surface area contributed by atoms with Gasteiger partial charge in [-0.1, -0.05) is 48.5 Å². The minimum atomic E-state index is -0.558. The van der Waals surface area contributed by atoms with Crippen molar-refractivity contribution >= 4 is 12.2 Å². The van der Waals surface area contributed by atoms with Crippen LogP contribution in [0.15, 0.2) is 6.20 Å². The molecule has 288 valence electrons. The van der Waals surface area contributed by atoms with Crippen LogP contribution >= 0.6 is 0 Å². The van der Waals surface area contributed by atoms with Gasteiger partial charge in [-0.05, 0) is 111 Å². The van der Waals surface area contributed by atoms with E-state index in [2.05, 4.69) is 64.2 Å². The van der Waals surface area contributed by atoms with Crippen molar-refractivity contribution in [1.82, 2.24) is 19.4 Å². The number of amides is 2. The molecule has 7 fully saturated rings. The first-order valence-electron chi connectivity index (χ1n) is 20.8. The van der Waals surface area contributed by atoms with Gasteiger partial charge < -0.3 is 28.8 Å². The first-order valence-corrected chi connectivity index (χ1v) is 20.8. The van der Waals surface area contributed by atoms with Gasteiger partial charge in [-0.3, -0.25) is 4.90 Å². The van der Waals surface area contributed by atoms with E-state index in [1.165, 1.54) is 12.8 Å². The van der Waals surface area contributed by atoms with E-state index in [0.29, 0.717) is 30.8 Å². The van der Waals surface area contributed by atoms with Crippen LogP contribution in [-0.4, -0.2) is 86.8 Å². The molecule has 0 bridgehead atoms. The van der Waals surface area contributed by atoms with Crippen LogP contribution in [0.25, 0.3) is 0 Å². The molecule has 2 spiro atoms. The van der Waals surface area contributed by atoms with Crippen LogP contribution < -0.4 is 0 Å². The SMILES string of the molecule is Cc1cn2c(n1)CN(C(=O)OC1CCC34CC35CCC3(C)[C@@H]6C(OC([C@H](OC(=O)N7CCC7)C(C)C)C[C@H]6C)[C@H](O)[C@@]3(C)C5CC[C@H]4C1(C)C)CC2. The van der Waals surface area contributed by atoms with E-state index in [-0.39, 0.29) is 75.5 Å². The largest absolute Gasteiger partial charge is 0.446 e. The van der Waals surface area contributed by atoms with E-state index in [9.17, 15) is 14.7 Å². The standard InChI is InChI=1S/C42H64N4O6/c1-24(2)33(52-36(48)44-16-9-17-44)27-20-25(3)32-34(50-27)35(47)40(8)29-11-10-28-38(5,6)30(12-13-41(28)23-42(29,41)15-14-39(32,40)7)51-37(49)46-19-18-45-21-26(4)43-31(45)22-46/h21,24-25,27-30,32-35,47H,9-20,22-23H2,1-8H3/t25-,27?,28+,29?,30?,32+,33-,34?,35+,39?,40-,41?,42?/m1/s1. The number of carbonyl (C=O) groups is 2. The fourth-order valence-electron chi connectivity index (χ4n) is 14.8. The zero-order valence-electron chi connectivity index (χ0n) is 33.0. The summed E-state index contributed by atoms with van der Waals surface area (Å²) in [5.74, 6) is 2.63. The van der Waals surface area contributed by atoms with E-state index in [4.69, 9.17) is 14.2 Å². The molecular formula is C42H64N4O6. The molecular weight excluding hydrogens is 656 g/mol. The first-order chi connectivity index (χ1) is 24.6. The summed E-state index contributed by atoms with van der Waals surface area (Å²) < 4.78 is 21.8. The van der Waals surface area contributed by atoms with Gasteiger partial charge in [0, 0.05) is 43.2 Å². The predicted molar refractivity (Wildman–Crippen MR) is 195 cm³/mol. The van der Waals surface area contributed by atoms with Crippen LogP contribution in [0.5, 0.6) is 0 Å². The molecule has 5 aliphatic carbocycles. The summed E-state index contributed by atoms with van der Waals surface area (Å²) in [5, 5.41) is 12.7. The van der Waals surface area contributed by atoms with Crippen molar-refractivity contribution < 1.29 is 28.9 Å². The lowest BCUT2D eigenvalue weighted by molar-refractivity contribution is -0.185. The Hall–Kier alpha value is -2.33. The molecule has 5 saturated carbocycles. The number of aliphatic hydroxyl groups excluding tert-OH is 1. The number of nitrogens with zero attached hydrogens (tertiary/aromatic N) is 4. The molecule has 8 aliphatic rings. The highest BCUT2D eigenvalue weighted by molar-refractivity contribution is 5.69. The van der Waals surface area contributed by atoms with Crippen molar-refractivity contribution in [2.75, 3.05) is 19.6 Å². The van der Waals surface area contributed by atoms with E-state index < -0.39 is 6.10 Å². The minimum Gasteiger partial charge on any atom is -0.446 e. The highest BCUT2D eigenvalue weighted by Crippen LogP contribution is 2.89. The summed E-state index contributed by atoms with van der Waals surface area (Å²) in [6.45, 7) is 21.8. The van der Waals surface area contributed by atoms with Crippen molar-refractivity contribution in [3.8, 4) is 0 Å². The summed E-state index contributed by atoms with van der Waals surface area (Å²) in [5.41, 5.74) is 1.05. The molecule has 4 heterocycles. The van der Waals surface area contributed by atoms with Gasteiger partial charge in [0.05, 0.1) is 30.6 Å². The van der Waals surface area contributed by atoms with E-state index in [1.807, 2.05) is 11.8 Å². The Morgan fingerprint density at radius 3 is 2.40 bits per heavy atom. The van der Waals surface area contributed by atoms with Crippen molar-refractivity contribution in [3.05, 3.63) is 17.7 Å². The third-order valence-electron chi connectivity index (χ3n) is 17.6. The smallest absolute Gasteiger partial charge is 0.410 e. The Balaban J connectivity index is 0.931. The maximum Gasteiger partial charge on any atom is 0.410 e. The Bertz CT molecular complexity index is 1620. The molecule has 9 rings (SSSR count). The summed E-state index contributed by atoms with van der Waals surface area (Å²) in [6, 6.07) is 0. The molecule has 1 aromatic heterocycles. The van der Waals surface area contributed by atoms with Crippen LogP contribution in [0, 0.1) is 63.6 Å². The van der Waals surface area contributed by atoms with Crippen molar-refractivity contribution in [1.29, 1.82) is 0 Å². The molecule has 52 heavy (non-hydrogen) atoms. The van der Waals surface area contributed by atoms with Gasteiger partial charge in [0.2, 0.25) is 0 Å². The quantitative estimate of drug-likeness (QED) is 0.351. The summed E-state index contributed by atoms with van der Waals surface area (Å²) >= 11 is 0. The Labute approximate surface area is 310 Å². The second-order valence-corrected chi connectivity index (χ2v) is 20.3. The zero-order valence-corrected chi connectivity index (χ0v) is 33.0. The number of aromatic nitrogens is 2. The molecule has 7 unspecified atom stereocenters. The lowest BCUT2D eigenvalue weighted by atomic mass is 9.41. The number of aliphatic hydroxyl groups is 1. The molecule has 3 aliphatic heterocycles. The number of aryl methyl sites for hydroxylation is 1. The molecule has 13 atom stereocenters. The molecule has 10 nitrogen and oxygen atoms in total. The van der Waals surface area contributed by atoms with Crippen LogP contribution in [0.3, 0.4) is 0 Å². The van der Waals surface area contributed by atoms with E-state index >= 15 is 0 Å². The summed E-state index contributed by atoms with van der Waals surface area (Å²) in [7, 11) is 0. The zero-order chi connectivity index (χ0) is 36.7. The van der Waals surface area contributed by atoms with Gasteiger partial charge in [-0.2, -0.15) is 0 Å². The van der Waals surface area contributed by atoms with Gasteiger partial charge >= 0.3 is 12.2 Å². The molecule has 1 aromatic rings. The average molecular weight is 721 g/mol. The fourth-order valence-corrected chi connectivity index (χ4v) is 14.8. The van der Waals surface area contributed by atoms with Gasteiger partial charge in [-0.15, -0.1) is 0 Å². The predicted octanol–water partition coefficient (Wildman–Crippen LogP) is 7.19. The van der Waals surface area contributed by atoms with Gasteiger partial charge in [0.25, 0.3) is 0 Å². The van der Waals surface area contributed by atoms with Crippen LogP contribution in [0.2, 0.25) is 0 Å². The number of ether oxygens (including phenoxy) is 3. The number of imidazole rings is 1. The Morgan fingerprint density at radius 2 is 1.69 bits per heavy atom. The first kappa shape index (κ1) is 35.4. The third-order valence-corrected chi connectivity index (χ3v) is 17.6. The molecule has 2 saturated heterocycles. The Kier molecular flexibility index (Phi) is 7.89. The number of hydrogen-bond donors (Lipinski definition) is 1. The molecule has 0 radical (unpaired) electrons. The molecule has 10 heteroatoms. The van der Waals surface area contributed by atoms with Gasteiger partial charge in [-0.25, -0.2) is 14.6 Å². The molecule has 2 amide bonds. The summed E-state index contributed by atoms with van der Waals surface area (Å²) in [4.78, 5) is 34.9. The topological polar surface area (TPSA) is 106 Å². The van der Waals surface area contributed by atoms with Crippen molar-refractivity contribution in [2.45, 2.75) is 157 Å². The number of rotatable bonds is 4. The highest BCUT2D eigenvalue weighted by Gasteiger charge is 2.84. The number of likely N-dealkylation sites (tertiary alicyclic amines) is 1. The molecule has 0 aromatic carbocycles. The number of fused-ring (bicyclic) bond motifs is 5. The summed E-state index contributed by atoms with van der Waals surface area (Å²) in [6.07, 6.45) is 9.88. The third kappa shape index (κ3) is 4.57. The molecule has 1 N–H and O–H groups in total. The lowest BCUT2D eigenvalue weighted by Gasteiger charge is -2.63. The number of hydrogen-bond acceptors (Lipinski definition) is 7. The van der Waals surface area contributed by atoms with Crippen molar-refractivity contribution in [3.63, 3.8) is 0 Å². The minimum absolute atomic E-state index is 0.0282. The second-order valence-electron chi connectivity index (χ2n) is 20.3. The average Bonchev–Trinajstić information content (AvgIpc) is 3.51. The lowest BCUT2D eigenvalue weighted by Crippen LogP contribution is -2.60. The number of carbonyl (C=O) groups excluding carboxylic acids is 2. The Morgan fingerprint density at radius 1 is 0.962 bits per heavy atom. The van der Waals surface area contributed by atoms with Crippen LogP contribution in [0.1, 0.15) is 118 Å². The monoisotopic (exact) mass is 720 g/mol. The van der Waals surface area contributed by atoms with E-state index in [1.54, 1.807) is 4.90 Å². The maximum atomic E-state index is 13.6. The van der Waals surface area contributed by atoms with Gasteiger partial charge in [0.15, 0.2) is 0 Å². The fraction of sp³-hybridized carbons (Fsp3) is 0.881. The van der Waals surface area contributed by atoms with Crippen LogP contribution in [0.4, 0.5) is 9.59 Å². The highest BCUT2D eigenvalue weighted by atomic mass is 16.6.